The molecular formula is C12H18N2O4S. The highest BCUT2D eigenvalue weighted by atomic mass is 32.2. The van der Waals surface area contributed by atoms with Gasteiger partial charge in [-0.2, -0.15) is 0 Å². The number of nitrogens with one attached hydrogen (secondary N) is 1. The number of rotatable bonds is 5. The predicted molar refractivity (Wildman–Crippen MR) is 70.4 cm³/mol. The van der Waals surface area contributed by atoms with Gasteiger partial charge in [-0.3, -0.25) is 0 Å². The van der Waals surface area contributed by atoms with Gasteiger partial charge in [0, 0.05) is 19.2 Å². The Labute approximate surface area is 112 Å². The van der Waals surface area contributed by atoms with Crippen LogP contribution in [-0.2, 0) is 21.3 Å². The molecule has 1 aromatic rings. The molecule has 7 heteroatoms. The van der Waals surface area contributed by atoms with Gasteiger partial charge in [-0.1, -0.05) is 6.07 Å². The second-order valence-corrected chi connectivity index (χ2v) is 6.05. The van der Waals surface area contributed by atoms with Crippen molar-refractivity contribution in [1.29, 1.82) is 0 Å². The highest BCUT2D eigenvalue weighted by Gasteiger charge is 2.26. The zero-order chi connectivity index (χ0) is 13.9. The van der Waals surface area contributed by atoms with Gasteiger partial charge < -0.3 is 15.2 Å². The van der Waals surface area contributed by atoms with Gasteiger partial charge in [0.05, 0.1) is 13.7 Å². The summed E-state index contributed by atoms with van der Waals surface area (Å²) in [6.07, 6.45) is 0.683. The van der Waals surface area contributed by atoms with E-state index in [1.807, 2.05) is 0 Å². The Balaban J connectivity index is 2.28. The lowest BCUT2D eigenvalue weighted by Crippen LogP contribution is -2.35. The summed E-state index contributed by atoms with van der Waals surface area (Å²) < 4.78 is 37.5. The van der Waals surface area contributed by atoms with Crippen molar-refractivity contribution in [2.24, 2.45) is 5.73 Å². The quantitative estimate of drug-likeness (QED) is 0.808. The van der Waals surface area contributed by atoms with Crippen LogP contribution in [0.2, 0.25) is 0 Å². The SMILES string of the molecule is COc1cc(CN)ccc1S(=O)(=O)NC1CCOC1. The minimum atomic E-state index is -3.61. The summed E-state index contributed by atoms with van der Waals surface area (Å²) in [7, 11) is -2.17. The number of nitrogens with two attached hydrogens (primary N) is 1. The van der Waals surface area contributed by atoms with Crippen LogP contribution in [0.5, 0.6) is 5.75 Å². The molecule has 1 fully saturated rings. The van der Waals surface area contributed by atoms with Crippen LogP contribution in [0, 0.1) is 0 Å². The second kappa shape index (κ2) is 5.87. The fourth-order valence-corrected chi connectivity index (χ4v) is 3.38. The number of hydrogen-bond donors (Lipinski definition) is 2. The Hall–Kier alpha value is -1.15. The van der Waals surface area contributed by atoms with E-state index in [4.69, 9.17) is 15.2 Å². The lowest BCUT2D eigenvalue weighted by molar-refractivity contribution is 0.192. The van der Waals surface area contributed by atoms with E-state index in [1.165, 1.54) is 13.2 Å². The molecule has 1 unspecified atom stereocenters. The summed E-state index contributed by atoms with van der Waals surface area (Å²) in [5.74, 6) is 0.300. The lowest BCUT2D eigenvalue weighted by Gasteiger charge is -2.14. The van der Waals surface area contributed by atoms with Crippen molar-refractivity contribution in [1.82, 2.24) is 4.72 Å². The molecule has 3 N–H and O–H groups in total. The van der Waals surface area contributed by atoms with Gasteiger partial charge in [-0.15, -0.1) is 0 Å². The van der Waals surface area contributed by atoms with Crippen molar-refractivity contribution in [2.75, 3.05) is 20.3 Å². The van der Waals surface area contributed by atoms with Crippen LogP contribution in [0.1, 0.15) is 12.0 Å². The zero-order valence-electron chi connectivity index (χ0n) is 10.8. The maximum Gasteiger partial charge on any atom is 0.244 e. The Morgan fingerprint density at radius 3 is 2.89 bits per heavy atom. The molecule has 0 aliphatic carbocycles. The first-order valence-electron chi connectivity index (χ1n) is 6.04. The smallest absolute Gasteiger partial charge is 0.244 e. The molecule has 1 aromatic carbocycles. The van der Waals surface area contributed by atoms with Gasteiger partial charge >= 0.3 is 0 Å². The summed E-state index contributed by atoms with van der Waals surface area (Å²) in [5.41, 5.74) is 6.35. The summed E-state index contributed by atoms with van der Waals surface area (Å²) in [6, 6.07) is 4.66. The van der Waals surface area contributed by atoms with Gasteiger partial charge in [0.15, 0.2) is 0 Å². The third-order valence-electron chi connectivity index (χ3n) is 3.00. The third kappa shape index (κ3) is 3.24. The van der Waals surface area contributed by atoms with Crippen LogP contribution in [-0.4, -0.2) is 34.8 Å². The van der Waals surface area contributed by atoms with E-state index < -0.39 is 10.0 Å². The Morgan fingerprint density at radius 2 is 2.32 bits per heavy atom. The van der Waals surface area contributed by atoms with Crippen LogP contribution in [0.4, 0.5) is 0 Å². The van der Waals surface area contributed by atoms with E-state index in [9.17, 15) is 8.42 Å². The monoisotopic (exact) mass is 286 g/mol. The molecule has 1 aliphatic rings. The summed E-state index contributed by atoms with van der Waals surface area (Å²) >= 11 is 0. The van der Waals surface area contributed by atoms with Gasteiger partial charge in [0.25, 0.3) is 0 Å². The standard InChI is InChI=1S/C12H18N2O4S/c1-17-11-6-9(7-13)2-3-12(11)19(15,16)14-10-4-5-18-8-10/h2-3,6,10,14H,4-5,7-8,13H2,1H3. The zero-order valence-corrected chi connectivity index (χ0v) is 11.6. The van der Waals surface area contributed by atoms with E-state index in [0.29, 0.717) is 31.9 Å². The minimum absolute atomic E-state index is 0.124. The Kier molecular flexibility index (Phi) is 4.41. The fraction of sp³-hybridized carbons (Fsp3) is 0.500. The average Bonchev–Trinajstić information content (AvgIpc) is 2.89. The molecular weight excluding hydrogens is 268 g/mol. The molecule has 2 rings (SSSR count). The molecule has 0 radical (unpaired) electrons. The second-order valence-electron chi connectivity index (χ2n) is 4.37. The molecule has 0 spiro atoms. The Morgan fingerprint density at radius 1 is 1.53 bits per heavy atom. The van der Waals surface area contributed by atoms with Crippen molar-refractivity contribution < 1.29 is 17.9 Å². The highest BCUT2D eigenvalue weighted by Crippen LogP contribution is 2.25. The average molecular weight is 286 g/mol. The topological polar surface area (TPSA) is 90.7 Å². The Bertz CT molecular complexity index is 539. The number of sulfonamides is 1. The largest absolute Gasteiger partial charge is 0.495 e. The molecule has 0 amide bonds. The predicted octanol–water partition coefficient (Wildman–Crippen LogP) is 0.221. The number of ether oxygens (including phenoxy) is 2. The first-order valence-corrected chi connectivity index (χ1v) is 7.52. The summed E-state index contributed by atoms with van der Waals surface area (Å²) in [4.78, 5) is 0.124. The molecule has 19 heavy (non-hydrogen) atoms. The van der Waals surface area contributed by atoms with Crippen LogP contribution in [0.3, 0.4) is 0 Å². The van der Waals surface area contributed by atoms with Crippen molar-refractivity contribution in [2.45, 2.75) is 23.9 Å². The van der Waals surface area contributed by atoms with Crippen LogP contribution < -0.4 is 15.2 Å². The van der Waals surface area contributed by atoms with E-state index >= 15 is 0 Å². The summed E-state index contributed by atoms with van der Waals surface area (Å²) in [6.45, 7) is 1.32. The third-order valence-corrected chi connectivity index (χ3v) is 4.56. The molecule has 0 saturated carbocycles. The molecule has 1 heterocycles. The minimum Gasteiger partial charge on any atom is -0.495 e. The van der Waals surface area contributed by atoms with E-state index in [0.717, 1.165) is 5.56 Å². The first kappa shape index (κ1) is 14.3. The van der Waals surface area contributed by atoms with E-state index in [2.05, 4.69) is 4.72 Å². The first-order chi connectivity index (χ1) is 9.06. The molecule has 1 atom stereocenters. The number of benzene rings is 1. The number of hydrogen-bond acceptors (Lipinski definition) is 5. The van der Waals surface area contributed by atoms with Crippen LogP contribution in [0.25, 0.3) is 0 Å². The lowest BCUT2D eigenvalue weighted by atomic mass is 10.2. The highest BCUT2D eigenvalue weighted by molar-refractivity contribution is 7.89. The van der Waals surface area contributed by atoms with Crippen molar-refractivity contribution in [3.8, 4) is 5.75 Å². The summed E-state index contributed by atoms with van der Waals surface area (Å²) in [5, 5.41) is 0. The molecule has 106 valence electrons. The van der Waals surface area contributed by atoms with E-state index in [1.54, 1.807) is 12.1 Å². The normalized spacial score (nSPS) is 19.6. The maximum atomic E-state index is 12.3. The van der Waals surface area contributed by atoms with Gasteiger partial charge in [0.2, 0.25) is 10.0 Å². The van der Waals surface area contributed by atoms with Crippen molar-refractivity contribution >= 4 is 10.0 Å². The van der Waals surface area contributed by atoms with Gasteiger partial charge in [-0.05, 0) is 24.1 Å². The molecule has 1 saturated heterocycles. The molecule has 6 nitrogen and oxygen atoms in total. The molecule has 1 aliphatic heterocycles. The fourth-order valence-electron chi connectivity index (χ4n) is 1.97. The maximum absolute atomic E-state index is 12.3. The number of methoxy groups -OCH3 is 1. The molecule has 0 bridgehead atoms. The van der Waals surface area contributed by atoms with Crippen molar-refractivity contribution in [3.05, 3.63) is 23.8 Å². The molecule has 0 aromatic heterocycles. The van der Waals surface area contributed by atoms with Crippen LogP contribution in [0.15, 0.2) is 23.1 Å². The van der Waals surface area contributed by atoms with Gasteiger partial charge in [-0.25, -0.2) is 13.1 Å². The van der Waals surface area contributed by atoms with Crippen molar-refractivity contribution in [3.63, 3.8) is 0 Å². The van der Waals surface area contributed by atoms with Gasteiger partial charge in [0.1, 0.15) is 10.6 Å². The van der Waals surface area contributed by atoms with Crippen LogP contribution >= 0.6 is 0 Å². The van der Waals surface area contributed by atoms with E-state index in [-0.39, 0.29) is 10.9 Å².